The van der Waals surface area contributed by atoms with Crippen molar-refractivity contribution in [3.63, 3.8) is 0 Å². The molecule has 2 aromatic carbocycles. The Morgan fingerprint density at radius 2 is 1.78 bits per heavy atom. The zero-order valence-electron chi connectivity index (χ0n) is 9.90. The molecule has 1 aliphatic carbocycles. The summed E-state index contributed by atoms with van der Waals surface area (Å²) in [5.41, 5.74) is 7.35. The predicted octanol–water partition coefficient (Wildman–Crippen LogP) is 3.62. The Hall–Kier alpha value is -2.03. The molecule has 0 amide bonds. The van der Waals surface area contributed by atoms with Gasteiger partial charge in [-0.1, -0.05) is 12.1 Å². The molecule has 3 rings (SSSR count). The van der Waals surface area contributed by atoms with Gasteiger partial charge in [-0.2, -0.15) is 0 Å². The van der Waals surface area contributed by atoms with Gasteiger partial charge in [-0.05, 0) is 48.7 Å². The van der Waals surface area contributed by atoms with E-state index in [1.807, 2.05) is 24.3 Å². The Bertz CT molecular complexity index is 561. The summed E-state index contributed by atoms with van der Waals surface area (Å²) in [6.07, 6.45) is 2.65. The molecule has 0 heterocycles. The maximum atomic E-state index is 13.7. The average Bonchev–Trinajstić information content (AvgIpc) is 3.15. The fraction of sp³-hybridized carbons (Fsp3) is 0.200. The third-order valence-electron chi connectivity index (χ3n) is 2.99. The Labute approximate surface area is 105 Å². The van der Waals surface area contributed by atoms with Crippen molar-refractivity contribution in [1.82, 2.24) is 0 Å². The SMILES string of the molecule is Nc1ccc(-c2ccc(OC3CC3)cc2)c(F)c1. The van der Waals surface area contributed by atoms with Crippen LogP contribution in [0.1, 0.15) is 12.8 Å². The van der Waals surface area contributed by atoms with E-state index in [0.717, 1.165) is 24.2 Å². The van der Waals surface area contributed by atoms with Gasteiger partial charge in [0.15, 0.2) is 0 Å². The highest BCUT2D eigenvalue weighted by molar-refractivity contribution is 5.66. The quantitative estimate of drug-likeness (QED) is 0.836. The lowest BCUT2D eigenvalue weighted by Crippen LogP contribution is -1.95. The minimum Gasteiger partial charge on any atom is -0.490 e. The van der Waals surface area contributed by atoms with Crippen molar-refractivity contribution in [2.24, 2.45) is 0 Å². The lowest BCUT2D eigenvalue weighted by atomic mass is 10.0. The van der Waals surface area contributed by atoms with E-state index in [-0.39, 0.29) is 5.82 Å². The van der Waals surface area contributed by atoms with Crippen LogP contribution in [0.25, 0.3) is 11.1 Å². The predicted molar refractivity (Wildman–Crippen MR) is 69.9 cm³/mol. The fourth-order valence-corrected chi connectivity index (χ4v) is 1.86. The number of ether oxygens (including phenoxy) is 1. The minimum absolute atomic E-state index is 0.300. The molecule has 92 valence electrons. The lowest BCUT2D eigenvalue weighted by molar-refractivity contribution is 0.303. The highest BCUT2D eigenvalue weighted by Gasteiger charge is 2.23. The average molecular weight is 243 g/mol. The van der Waals surface area contributed by atoms with Crippen LogP contribution in [0.4, 0.5) is 10.1 Å². The molecule has 0 saturated heterocycles. The van der Waals surface area contributed by atoms with Gasteiger partial charge in [-0.25, -0.2) is 4.39 Å². The van der Waals surface area contributed by atoms with E-state index in [1.54, 1.807) is 12.1 Å². The summed E-state index contributed by atoms with van der Waals surface area (Å²) in [5.74, 6) is 0.544. The third-order valence-corrected chi connectivity index (χ3v) is 2.99. The van der Waals surface area contributed by atoms with Crippen molar-refractivity contribution in [3.8, 4) is 16.9 Å². The number of hydrogen-bond acceptors (Lipinski definition) is 2. The summed E-state index contributed by atoms with van der Waals surface area (Å²) in [5, 5.41) is 0. The molecule has 1 aliphatic rings. The second-order valence-electron chi connectivity index (χ2n) is 4.58. The second kappa shape index (κ2) is 4.33. The van der Waals surface area contributed by atoms with Crippen LogP contribution in [0.3, 0.4) is 0 Å². The number of hydrogen-bond donors (Lipinski definition) is 1. The molecular formula is C15H14FNO. The number of nitrogens with two attached hydrogens (primary N) is 1. The molecule has 0 atom stereocenters. The van der Waals surface area contributed by atoms with Crippen molar-refractivity contribution in [2.45, 2.75) is 18.9 Å². The smallest absolute Gasteiger partial charge is 0.133 e. The lowest BCUT2D eigenvalue weighted by Gasteiger charge is -2.07. The van der Waals surface area contributed by atoms with Gasteiger partial charge >= 0.3 is 0 Å². The molecule has 0 bridgehead atoms. The molecule has 0 unspecified atom stereocenters. The monoisotopic (exact) mass is 243 g/mol. The number of anilines is 1. The molecule has 1 saturated carbocycles. The van der Waals surface area contributed by atoms with Crippen LogP contribution in [0.15, 0.2) is 42.5 Å². The van der Waals surface area contributed by atoms with Crippen LogP contribution in [0.5, 0.6) is 5.75 Å². The van der Waals surface area contributed by atoms with Gasteiger partial charge in [0.05, 0.1) is 6.10 Å². The van der Waals surface area contributed by atoms with E-state index in [0.29, 0.717) is 17.4 Å². The summed E-state index contributed by atoms with van der Waals surface area (Å²) < 4.78 is 19.4. The van der Waals surface area contributed by atoms with Crippen molar-refractivity contribution in [3.05, 3.63) is 48.3 Å². The molecule has 3 heteroatoms. The largest absolute Gasteiger partial charge is 0.490 e. The number of nitrogen functional groups attached to an aromatic ring is 1. The van der Waals surface area contributed by atoms with Gasteiger partial charge in [0.1, 0.15) is 11.6 Å². The first-order valence-corrected chi connectivity index (χ1v) is 6.04. The van der Waals surface area contributed by atoms with Crippen LogP contribution in [0.2, 0.25) is 0 Å². The van der Waals surface area contributed by atoms with E-state index < -0.39 is 0 Å². The van der Waals surface area contributed by atoms with Gasteiger partial charge in [0, 0.05) is 11.3 Å². The van der Waals surface area contributed by atoms with E-state index in [1.165, 1.54) is 6.07 Å². The Morgan fingerprint density at radius 1 is 1.06 bits per heavy atom. The summed E-state index contributed by atoms with van der Waals surface area (Å²) >= 11 is 0. The van der Waals surface area contributed by atoms with Crippen molar-refractivity contribution in [1.29, 1.82) is 0 Å². The molecule has 0 aromatic heterocycles. The van der Waals surface area contributed by atoms with E-state index in [4.69, 9.17) is 10.5 Å². The standard InChI is InChI=1S/C15H14FNO/c16-15-9-11(17)3-8-14(15)10-1-4-12(5-2-10)18-13-6-7-13/h1-5,8-9,13H,6-7,17H2. The zero-order valence-corrected chi connectivity index (χ0v) is 9.90. The molecule has 0 radical (unpaired) electrons. The maximum Gasteiger partial charge on any atom is 0.133 e. The van der Waals surface area contributed by atoms with Gasteiger partial charge in [-0.15, -0.1) is 0 Å². The van der Waals surface area contributed by atoms with Crippen molar-refractivity contribution < 1.29 is 9.13 Å². The van der Waals surface area contributed by atoms with Crippen LogP contribution in [0, 0.1) is 5.82 Å². The van der Waals surface area contributed by atoms with Crippen LogP contribution in [-0.4, -0.2) is 6.10 Å². The summed E-state index contributed by atoms with van der Waals surface area (Å²) in [6.45, 7) is 0. The number of benzene rings is 2. The highest BCUT2D eigenvalue weighted by atomic mass is 19.1. The van der Waals surface area contributed by atoms with Crippen LogP contribution < -0.4 is 10.5 Å². The molecule has 1 fully saturated rings. The van der Waals surface area contributed by atoms with Crippen LogP contribution >= 0.6 is 0 Å². The summed E-state index contributed by atoms with van der Waals surface area (Å²) in [4.78, 5) is 0. The van der Waals surface area contributed by atoms with E-state index >= 15 is 0 Å². The second-order valence-corrected chi connectivity index (χ2v) is 4.58. The van der Waals surface area contributed by atoms with Gasteiger partial charge in [0.25, 0.3) is 0 Å². The Morgan fingerprint density at radius 3 is 2.39 bits per heavy atom. The molecule has 0 spiro atoms. The van der Waals surface area contributed by atoms with Crippen molar-refractivity contribution in [2.75, 3.05) is 5.73 Å². The maximum absolute atomic E-state index is 13.7. The van der Waals surface area contributed by atoms with E-state index in [9.17, 15) is 4.39 Å². The van der Waals surface area contributed by atoms with E-state index in [2.05, 4.69) is 0 Å². The first kappa shape index (κ1) is 11.1. The molecule has 2 aromatic rings. The first-order valence-electron chi connectivity index (χ1n) is 6.04. The summed E-state index contributed by atoms with van der Waals surface area (Å²) in [7, 11) is 0. The number of halogens is 1. The highest BCUT2D eigenvalue weighted by Crippen LogP contribution is 2.29. The number of rotatable bonds is 3. The van der Waals surface area contributed by atoms with Gasteiger partial charge in [-0.3, -0.25) is 0 Å². The van der Waals surface area contributed by atoms with Crippen molar-refractivity contribution >= 4 is 5.69 Å². The zero-order chi connectivity index (χ0) is 12.5. The molecular weight excluding hydrogens is 229 g/mol. The molecule has 2 nitrogen and oxygen atoms in total. The third kappa shape index (κ3) is 2.30. The normalized spacial score (nSPS) is 14.5. The molecule has 18 heavy (non-hydrogen) atoms. The Balaban J connectivity index is 1.86. The molecule has 2 N–H and O–H groups in total. The van der Waals surface area contributed by atoms with Gasteiger partial charge < -0.3 is 10.5 Å². The summed E-state index contributed by atoms with van der Waals surface area (Å²) in [6, 6.07) is 12.2. The fourth-order valence-electron chi connectivity index (χ4n) is 1.86. The van der Waals surface area contributed by atoms with Gasteiger partial charge in [0.2, 0.25) is 0 Å². The van der Waals surface area contributed by atoms with Crippen LogP contribution in [-0.2, 0) is 0 Å². The minimum atomic E-state index is -0.300. The first-order chi connectivity index (χ1) is 8.72. The Kier molecular flexibility index (Phi) is 2.67. The molecule has 0 aliphatic heterocycles. The topological polar surface area (TPSA) is 35.2 Å².